The van der Waals surface area contributed by atoms with Crippen LogP contribution in [0.3, 0.4) is 0 Å². The third-order valence-corrected chi connectivity index (χ3v) is 4.29. The number of hydrogen-bond acceptors (Lipinski definition) is 3. The largest absolute Gasteiger partial charge is 0.497 e. The molecule has 0 saturated carbocycles. The molecule has 132 valence electrons. The summed E-state index contributed by atoms with van der Waals surface area (Å²) >= 11 is 0. The molecule has 0 spiro atoms. The lowest BCUT2D eigenvalue weighted by Crippen LogP contribution is -2.46. The van der Waals surface area contributed by atoms with Crippen molar-refractivity contribution in [2.75, 3.05) is 7.11 Å². The molecule has 1 aromatic carbocycles. The molecule has 1 saturated heterocycles. The van der Waals surface area contributed by atoms with Gasteiger partial charge in [0, 0.05) is 12.1 Å². The Kier molecular flexibility index (Phi) is 5.84. The van der Waals surface area contributed by atoms with Gasteiger partial charge in [-0.15, -0.1) is 0 Å². The van der Waals surface area contributed by atoms with Crippen LogP contribution in [-0.2, 0) is 16.0 Å². The Balaban J connectivity index is 1.58. The van der Waals surface area contributed by atoms with E-state index in [0.29, 0.717) is 6.54 Å². The van der Waals surface area contributed by atoms with Gasteiger partial charge in [0.1, 0.15) is 5.75 Å². The number of benzene rings is 1. The fraction of sp³-hybridized carbons (Fsp3) is 0.381. The van der Waals surface area contributed by atoms with Crippen LogP contribution in [0.2, 0.25) is 0 Å². The summed E-state index contributed by atoms with van der Waals surface area (Å²) in [6, 6.07) is 12.2. The van der Waals surface area contributed by atoms with E-state index in [1.807, 2.05) is 24.3 Å². The summed E-state index contributed by atoms with van der Waals surface area (Å²) in [5, 5.41) is 0. The van der Waals surface area contributed by atoms with Crippen LogP contribution in [0.5, 0.6) is 5.75 Å². The van der Waals surface area contributed by atoms with Gasteiger partial charge in [-0.3, -0.25) is 0 Å². The van der Waals surface area contributed by atoms with E-state index in [4.69, 9.17) is 14.2 Å². The molecular formula is C21H26NO3+. The summed E-state index contributed by atoms with van der Waals surface area (Å²) in [5.41, 5.74) is 2.30. The summed E-state index contributed by atoms with van der Waals surface area (Å²) in [6.07, 6.45) is 9.59. The fourth-order valence-electron chi connectivity index (χ4n) is 3.00. The van der Waals surface area contributed by atoms with E-state index in [0.717, 1.165) is 23.3 Å². The first-order valence-electron chi connectivity index (χ1n) is 8.74. The van der Waals surface area contributed by atoms with Crippen LogP contribution in [-0.4, -0.2) is 25.6 Å². The highest BCUT2D eigenvalue weighted by Gasteiger charge is 2.27. The van der Waals surface area contributed by atoms with Gasteiger partial charge < -0.3 is 14.2 Å². The molecule has 0 amide bonds. The van der Waals surface area contributed by atoms with Crippen molar-refractivity contribution in [2.24, 2.45) is 0 Å². The van der Waals surface area contributed by atoms with Gasteiger partial charge in [0.05, 0.1) is 19.3 Å². The minimum Gasteiger partial charge on any atom is -0.497 e. The number of methoxy groups -OCH3 is 1. The van der Waals surface area contributed by atoms with E-state index in [-0.39, 0.29) is 18.5 Å². The van der Waals surface area contributed by atoms with Gasteiger partial charge in [-0.2, -0.15) is 4.57 Å². The second-order valence-electron chi connectivity index (χ2n) is 6.49. The standard InChI is InChI=1S/C21H26NO3/c1-16-14-17(2)25-21(24-16)15-22-12-10-19(11-13-22)5-4-18-6-8-20(23-3)9-7-18/h4-13,16-17,21H,14-15H2,1-3H3/q+1/b5-4+. The predicted octanol–water partition coefficient (Wildman–Crippen LogP) is 3.69. The first-order chi connectivity index (χ1) is 12.1. The summed E-state index contributed by atoms with van der Waals surface area (Å²) in [5.74, 6) is 0.869. The van der Waals surface area contributed by atoms with E-state index >= 15 is 0 Å². The Bertz CT molecular complexity index is 684. The highest BCUT2D eigenvalue weighted by Crippen LogP contribution is 2.18. The SMILES string of the molecule is COc1ccc(/C=C/c2cc[n+](CC3OC(C)CC(C)O3)cc2)cc1. The number of hydrogen-bond donors (Lipinski definition) is 0. The van der Waals surface area contributed by atoms with Crippen molar-refractivity contribution < 1.29 is 18.8 Å². The second-order valence-corrected chi connectivity index (χ2v) is 6.49. The van der Waals surface area contributed by atoms with Gasteiger partial charge in [0.15, 0.2) is 18.9 Å². The van der Waals surface area contributed by atoms with Gasteiger partial charge in [-0.1, -0.05) is 24.3 Å². The lowest BCUT2D eigenvalue weighted by molar-refractivity contribution is -0.712. The van der Waals surface area contributed by atoms with Crippen LogP contribution in [0.4, 0.5) is 0 Å². The molecule has 2 heterocycles. The number of nitrogens with zero attached hydrogens (tertiary/aromatic N) is 1. The van der Waals surface area contributed by atoms with Crippen LogP contribution >= 0.6 is 0 Å². The number of pyridine rings is 1. The molecule has 0 bridgehead atoms. The molecule has 2 aromatic rings. The monoisotopic (exact) mass is 340 g/mol. The summed E-state index contributed by atoms with van der Waals surface area (Å²) in [4.78, 5) is 0. The van der Waals surface area contributed by atoms with Crippen LogP contribution in [0, 0.1) is 0 Å². The highest BCUT2D eigenvalue weighted by molar-refractivity contribution is 5.69. The van der Waals surface area contributed by atoms with Gasteiger partial charge in [0.2, 0.25) is 6.29 Å². The molecule has 4 nitrogen and oxygen atoms in total. The highest BCUT2D eigenvalue weighted by atomic mass is 16.7. The van der Waals surface area contributed by atoms with Crippen LogP contribution < -0.4 is 9.30 Å². The van der Waals surface area contributed by atoms with Crippen LogP contribution in [0.15, 0.2) is 48.8 Å². The molecule has 3 rings (SSSR count). The molecule has 0 radical (unpaired) electrons. The van der Waals surface area contributed by atoms with Crippen molar-refractivity contribution >= 4 is 12.2 Å². The Morgan fingerprint density at radius 3 is 2.08 bits per heavy atom. The van der Waals surface area contributed by atoms with Crippen molar-refractivity contribution in [1.82, 2.24) is 0 Å². The quantitative estimate of drug-likeness (QED) is 0.778. The van der Waals surface area contributed by atoms with E-state index in [1.54, 1.807) is 7.11 Å². The first-order valence-corrected chi connectivity index (χ1v) is 8.74. The van der Waals surface area contributed by atoms with Crippen LogP contribution in [0.25, 0.3) is 12.2 Å². The number of rotatable bonds is 5. The minimum atomic E-state index is -0.176. The zero-order valence-electron chi connectivity index (χ0n) is 15.1. The Hall–Kier alpha value is -2.17. The van der Waals surface area contributed by atoms with Gasteiger partial charge in [0.25, 0.3) is 0 Å². The van der Waals surface area contributed by atoms with Crippen molar-refractivity contribution in [2.45, 2.75) is 45.3 Å². The van der Waals surface area contributed by atoms with Gasteiger partial charge >= 0.3 is 0 Å². The molecule has 0 aliphatic carbocycles. The molecule has 0 N–H and O–H groups in total. The minimum absolute atomic E-state index is 0.176. The maximum absolute atomic E-state index is 5.85. The topological polar surface area (TPSA) is 31.6 Å². The fourth-order valence-corrected chi connectivity index (χ4v) is 3.00. The maximum Gasteiger partial charge on any atom is 0.218 e. The Morgan fingerprint density at radius 2 is 1.52 bits per heavy atom. The molecule has 1 fully saturated rings. The first kappa shape index (κ1) is 17.6. The molecule has 1 aromatic heterocycles. The lowest BCUT2D eigenvalue weighted by atomic mass is 10.1. The molecule has 1 aliphatic heterocycles. The zero-order chi connectivity index (χ0) is 17.6. The van der Waals surface area contributed by atoms with E-state index in [1.165, 1.54) is 0 Å². The van der Waals surface area contributed by atoms with E-state index in [2.05, 4.69) is 55.1 Å². The third kappa shape index (κ3) is 5.15. The van der Waals surface area contributed by atoms with Crippen molar-refractivity contribution in [3.05, 3.63) is 59.9 Å². The summed E-state index contributed by atoms with van der Waals surface area (Å²) < 4.78 is 19.0. The predicted molar refractivity (Wildman–Crippen MR) is 98.1 cm³/mol. The summed E-state index contributed by atoms with van der Waals surface area (Å²) in [6.45, 7) is 4.91. The molecule has 2 unspecified atom stereocenters. The Labute approximate surface area is 149 Å². The normalized spacial score (nSPS) is 23.7. The molecule has 25 heavy (non-hydrogen) atoms. The third-order valence-electron chi connectivity index (χ3n) is 4.29. The molecule has 4 heteroatoms. The van der Waals surface area contributed by atoms with E-state index < -0.39 is 0 Å². The van der Waals surface area contributed by atoms with Crippen LogP contribution in [0.1, 0.15) is 31.4 Å². The average Bonchev–Trinajstić information content (AvgIpc) is 2.61. The van der Waals surface area contributed by atoms with Crippen molar-refractivity contribution in [1.29, 1.82) is 0 Å². The zero-order valence-corrected chi connectivity index (χ0v) is 15.1. The van der Waals surface area contributed by atoms with E-state index in [9.17, 15) is 0 Å². The maximum atomic E-state index is 5.85. The number of aromatic nitrogens is 1. The number of ether oxygens (including phenoxy) is 3. The van der Waals surface area contributed by atoms with Crippen molar-refractivity contribution in [3.63, 3.8) is 0 Å². The Morgan fingerprint density at radius 1 is 0.960 bits per heavy atom. The average molecular weight is 340 g/mol. The van der Waals surface area contributed by atoms with Gasteiger partial charge in [-0.05, 0) is 43.5 Å². The van der Waals surface area contributed by atoms with Crippen molar-refractivity contribution in [3.8, 4) is 5.75 Å². The second kappa shape index (κ2) is 8.28. The summed E-state index contributed by atoms with van der Waals surface area (Å²) in [7, 11) is 1.68. The molecular weight excluding hydrogens is 314 g/mol. The molecule has 1 aliphatic rings. The molecule has 2 atom stereocenters. The van der Waals surface area contributed by atoms with Gasteiger partial charge in [-0.25, -0.2) is 0 Å². The lowest BCUT2D eigenvalue weighted by Gasteiger charge is -2.30. The smallest absolute Gasteiger partial charge is 0.218 e.